The first kappa shape index (κ1) is 31.2. The Kier molecular flexibility index (Phi) is 8.83. The first-order chi connectivity index (χ1) is 20.8. The second kappa shape index (κ2) is 12.4. The second-order valence-electron chi connectivity index (χ2n) is 12.6. The number of aromatic nitrogens is 5. The van der Waals surface area contributed by atoms with E-state index in [1.165, 1.54) is 0 Å². The molecule has 1 atom stereocenters. The summed E-state index contributed by atoms with van der Waals surface area (Å²) in [6.45, 7) is 12.6. The number of fused-ring (bicyclic) bond motifs is 1. The number of rotatable bonds is 8. The quantitative estimate of drug-likeness (QED) is 0.256. The minimum atomic E-state index is -0.679. The van der Waals surface area contributed by atoms with Crippen molar-refractivity contribution < 1.29 is 14.4 Å². The highest BCUT2D eigenvalue weighted by Crippen LogP contribution is 2.35. The number of amides is 3. The number of benzene rings is 1. The van der Waals surface area contributed by atoms with E-state index in [0.29, 0.717) is 46.7 Å². The van der Waals surface area contributed by atoms with Crippen LogP contribution in [0.5, 0.6) is 0 Å². The Morgan fingerprint density at radius 3 is 2.50 bits per heavy atom. The number of aryl methyl sites for hydroxylation is 2. The summed E-state index contributed by atoms with van der Waals surface area (Å²) in [5.41, 5.74) is 3.05. The van der Waals surface area contributed by atoms with E-state index in [-0.39, 0.29) is 41.3 Å². The Bertz CT molecular complexity index is 1730. The number of nitrogens with zero attached hydrogens (tertiary/aromatic N) is 6. The van der Waals surface area contributed by atoms with Crippen LogP contribution in [0.2, 0.25) is 0 Å². The van der Waals surface area contributed by atoms with Crippen LogP contribution in [0.3, 0.4) is 0 Å². The van der Waals surface area contributed by atoms with Crippen LogP contribution in [0.25, 0.3) is 22.0 Å². The highest BCUT2D eigenvalue weighted by atomic mass is 79.9. The lowest BCUT2D eigenvalue weighted by atomic mass is 9.90. The number of anilines is 1. The largest absolute Gasteiger partial charge is 0.350 e. The standard InChI is InChI=1S/C32H37BrN8O3/c1-18(2)13-36-31(44)28-23-11-21(22-14-34-20(4)35-15-22)8-9-24(23)41(39-28)16-27(42)40-17-32(5,6)12-25(40)30(43)38-29-19(3)7-10-26(33)37-29/h7-11,14-15,18,25H,12-13,16-17H2,1-6H3,(H,36,44)(H,37,38,43)/t25-/m0/s1. The molecule has 4 aromatic rings. The van der Waals surface area contributed by atoms with Gasteiger partial charge < -0.3 is 15.5 Å². The van der Waals surface area contributed by atoms with Crippen LogP contribution in [0.15, 0.2) is 47.3 Å². The van der Waals surface area contributed by atoms with Crippen molar-refractivity contribution in [3.8, 4) is 11.1 Å². The molecule has 2 N–H and O–H groups in total. The van der Waals surface area contributed by atoms with Gasteiger partial charge in [-0.05, 0) is 76.9 Å². The SMILES string of the molecule is Cc1ncc(-c2ccc3c(c2)c(C(=O)NCC(C)C)nn3CC(=O)N2CC(C)(C)C[C@H]2C(=O)Nc2nc(Br)ccc2C)cn1. The Hall–Kier alpha value is -4.19. The van der Waals surface area contributed by atoms with E-state index in [0.717, 1.165) is 16.7 Å². The van der Waals surface area contributed by atoms with Crippen molar-refractivity contribution in [2.24, 2.45) is 11.3 Å². The van der Waals surface area contributed by atoms with Crippen molar-refractivity contribution >= 4 is 50.4 Å². The smallest absolute Gasteiger partial charge is 0.272 e. The van der Waals surface area contributed by atoms with Gasteiger partial charge in [0.05, 0.1) is 5.52 Å². The molecule has 3 aromatic heterocycles. The summed E-state index contributed by atoms with van der Waals surface area (Å²) in [5, 5.41) is 11.1. The molecule has 0 aliphatic carbocycles. The lowest BCUT2D eigenvalue weighted by Crippen LogP contribution is -2.44. The van der Waals surface area contributed by atoms with Gasteiger partial charge in [0.1, 0.15) is 28.8 Å². The Balaban J connectivity index is 1.46. The summed E-state index contributed by atoms with van der Waals surface area (Å²) in [6.07, 6.45) is 3.98. The van der Waals surface area contributed by atoms with Crippen LogP contribution < -0.4 is 10.6 Å². The maximum absolute atomic E-state index is 13.9. The highest BCUT2D eigenvalue weighted by molar-refractivity contribution is 9.10. The summed E-state index contributed by atoms with van der Waals surface area (Å²) in [6, 6.07) is 8.62. The van der Waals surface area contributed by atoms with Crippen molar-refractivity contribution in [2.75, 3.05) is 18.4 Å². The zero-order valence-corrected chi connectivity index (χ0v) is 27.4. The fourth-order valence-electron chi connectivity index (χ4n) is 5.39. The third-order valence-corrected chi connectivity index (χ3v) is 8.13. The van der Waals surface area contributed by atoms with E-state index >= 15 is 0 Å². The van der Waals surface area contributed by atoms with Crippen molar-refractivity contribution in [2.45, 2.75) is 60.5 Å². The molecule has 0 radical (unpaired) electrons. The minimum absolute atomic E-state index is 0.130. The molecular weight excluding hydrogens is 624 g/mol. The van der Waals surface area contributed by atoms with Crippen molar-refractivity contribution in [3.63, 3.8) is 0 Å². The molecule has 1 aliphatic heterocycles. The molecule has 5 rings (SSSR count). The zero-order valence-electron chi connectivity index (χ0n) is 25.8. The Labute approximate surface area is 265 Å². The summed E-state index contributed by atoms with van der Waals surface area (Å²) in [7, 11) is 0. The molecular formula is C32H37BrN8O3. The lowest BCUT2D eigenvalue weighted by Gasteiger charge is -2.24. The van der Waals surface area contributed by atoms with Gasteiger partial charge in [0.2, 0.25) is 11.8 Å². The normalized spacial score (nSPS) is 16.0. The number of carbonyl (C=O) groups is 3. The van der Waals surface area contributed by atoms with Crippen LogP contribution in [0.4, 0.5) is 5.82 Å². The van der Waals surface area contributed by atoms with Crippen LogP contribution >= 0.6 is 15.9 Å². The molecule has 11 nitrogen and oxygen atoms in total. The average Bonchev–Trinajstić information content (AvgIpc) is 3.50. The summed E-state index contributed by atoms with van der Waals surface area (Å²) >= 11 is 3.36. The molecule has 1 fully saturated rings. The monoisotopic (exact) mass is 660 g/mol. The maximum atomic E-state index is 13.9. The number of hydrogen-bond donors (Lipinski definition) is 2. The fourth-order valence-corrected chi connectivity index (χ4v) is 5.69. The van der Waals surface area contributed by atoms with Crippen molar-refractivity contribution in [1.82, 2.24) is 34.9 Å². The maximum Gasteiger partial charge on any atom is 0.272 e. The van der Waals surface area contributed by atoms with Crippen molar-refractivity contribution in [3.05, 3.63) is 64.4 Å². The van der Waals surface area contributed by atoms with E-state index in [1.54, 1.807) is 22.0 Å². The predicted octanol–water partition coefficient (Wildman–Crippen LogP) is 4.92. The molecule has 0 spiro atoms. The number of hydrogen-bond acceptors (Lipinski definition) is 7. The number of likely N-dealkylation sites (tertiary alicyclic amines) is 1. The van der Waals surface area contributed by atoms with E-state index < -0.39 is 6.04 Å². The molecule has 0 bridgehead atoms. The third-order valence-electron chi connectivity index (χ3n) is 7.68. The van der Waals surface area contributed by atoms with Gasteiger partial charge in [-0.25, -0.2) is 15.0 Å². The molecule has 1 saturated heterocycles. The van der Waals surface area contributed by atoms with Gasteiger partial charge in [-0.1, -0.05) is 39.8 Å². The minimum Gasteiger partial charge on any atom is -0.350 e. The number of nitrogens with one attached hydrogen (secondary N) is 2. The average molecular weight is 662 g/mol. The van der Waals surface area contributed by atoms with E-state index in [4.69, 9.17) is 0 Å². The van der Waals surface area contributed by atoms with Crippen LogP contribution in [0.1, 0.15) is 56.0 Å². The fraction of sp³-hybridized carbons (Fsp3) is 0.406. The topological polar surface area (TPSA) is 135 Å². The first-order valence-corrected chi connectivity index (χ1v) is 15.4. The van der Waals surface area contributed by atoms with Crippen LogP contribution in [0, 0.1) is 25.2 Å². The first-order valence-electron chi connectivity index (χ1n) is 14.6. The highest BCUT2D eigenvalue weighted by Gasteiger charge is 2.44. The summed E-state index contributed by atoms with van der Waals surface area (Å²) in [4.78, 5) is 55.3. The van der Waals surface area contributed by atoms with E-state index in [1.807, 2.05) is 71.9 Å². The molecule has 1 aromatic carbocycles. The molecule has 44 heavy (non-hydrogen) atoms. The number of carbonyl (C=O) groups excluding carboxylic acids is 3. The van der Waals surface area contributed by atoms with E-state index in [9.17, 15) is 14.4 Å². The molecule has 230 valence electrons. The van der Waals surface area contributed by atoms with Gasteiger partial charge in [-0.2, -0.15) is 5.10 Å². The van der Waals surface area contributed by atoms with Gasteiger partial charge in [0.15, 0.2) is 5.69 Å². The van der Waals surface area contributed by atoms with Crippen molar-refractivity contribution in [1.29, 1.82) is 0 Å². The lowest BCUT2D eigenvalue weighted by molar-refractivity contribution is -0.137. The zero-order chi connectivity index (χ0) is 31.8. The molecule has 0 unspecified atom stereocenters. The van der Waals surface area contributed by atoms with E-state index in [2.05, 4.69) is 46.6 Å². The van der Waals surface area contributed by atoms with Gasteiger partial charge in [-0.15, -0.1) is 0 Å². The van der Waals surface area contributed by atoms with Crippen LogP contribution in [-0.2, 0) is 16.1 Å². The third kappa shape index (κ3) is 6.80. The summed E-state index contributed by atoms with van der Waals surface area (Å²) in [5.74, 6) is 0.502. The molecule has 4 heterocycles. The van der Waals surface area contributed by atoms with Gasteiger partial charge >= 0.3 is 0 Å². The van der Waals surface area contributed by atoms with Gasteiger partial charge in [0, 0.05) is 36.4 Å². The Morgan fingerprint density at radius 2 is 1.80 bits per heavy atom. The predicted molar refractivity (Wildman–Crippen MR) is 172 cm³/mol. The second-order valence-corrected chi connectivity index (χ2v) is 13.4. The molecule has 3 amide bonds. The molecule has 0 saturated carbocycles. The van der Waals surface area contributed by atoms with Gasteiger partial charge in [-0.3, -0.25) is 19.1 Å². The number of halogens is 1. The molecule has 12 heteroatoms. The van der Waals surface area contributed by atoms with Crippen LogP contribution in [-0.4, -0.2) is 66.5 Å². The van der Waals surface area contributed by atoms with Gasteiger partial charge in [0.25, 0.3) is 5.91 Å². The summed E-state index contributed by atoms with van der Waals surface area (Å²) < 4.78 is 2.16. The Morgan fingerprint density at radius 1 is 1.07 bits per heavy atom. The number of pyridine rings is 1. The molecule has 1 aliphatic rings.